The maximum Gasteiger partial charge on any atom is 0.573 e. The van der Waals surface area contributed by atoms with E-state index in [1.54, 1.807) is 36.7 Å². The van der Waals surface area contributed by atoms with Crippen LogP contribution in [0.3, 0.4) is 0 Å². The topological polar surface area (TPSA) is 69.0 Å². The number of hydrogen-bond acceptors (Lipinski definition) is 4. The highest BCUT2D eigenvalue weighted by Gasteiger charge is 2.32. The molecule has 1 amide bonds. The summed E-state index contributed by atoms with van der Waals surface area (Å²) in [7, 11) is 0. The first-order chi connectivity index (χ1) is 16.0. The molecule has 176 valence electrons. The number of anilines is 1. The van der Waals surface area contributed by atoms with E-state index in [0.717, 1.165) is 16.5 Å². The maximum absolute atomic E-state index is 13.3. The SMILES string of the molecule is Cc1ccc2nc(C)cc(C(=O)Nc3c(C)nn(Cc4ccccc4OC(F)(F)F)c3C)c2c1. The van der Waals surface area contributed by atoms with Crippen LogP contribution in [-0.2, 0) is 6.54 Å². The Morgan fingerprint density at radius 2 is 1.79 bits per heavy atom. The molecule has 9 heteroatoms. The largest absolute Gasteiger partial charge is 0.573 e. The first-order valence-corrected chi connectivity index (χ1v) is 10.6. The predicted octanol–water partition coefficient (Wildman–Crippen LogP) is 5.86. The molecule has 0 aliphatic rings. The number of carbonyl (C=O) groups excluding carboxylic acids is 1. The number of halogens is 3. The highest BCUT2D eigenvalue weighted by Crippen LogP contribution is 2.29. The van der Waals surface area contributed by atoms with Crippen LogP contribution in [0.4, 0.5) is 18.9 Å². The van der Waals surface area contributed by atoms with Crippen molar-refractivity contribution >= 4 is 22.5 Å². The number of nitrogens with one attached hydrogen (secondary N) is 1. The quantitative estimate of drug-likeness (QED) is 0.398. The minimum absolute atomic E-state index is 0.0469. The summed E-state index contributed by atoms with van der Waals surface area (Å²) in [6, 6.07) is 13.4. The number of nitrogens with zero attached hydrogens (tertiary/aromatic N) is 3. The monoisotopic (exact) mass is 468 g/mol. The van der Waals surface area contributed by atoms with Crippen molar-refractivity contribution in [1.82, 2.24) is 14.8 Å². The zero-order valence-electron chi connectivity index (χ0n) is 19.1. The van der Waals surface area contributed by atoms with E-state index in [9.17, 15) is 18.0 Å². The summed E-state index contributed by atoms with van der Waals surface area (Å²) in [6.45, 7) is 7.30. The summed E-state index contributed by atoms with van der Waals surface area (Å²) in [6.07, 6.45) is -4.80. The van der Waals surface area contributed by atoms with Gasteiger partial charge in [-0.2, -0.15) is 5.10 Å². The predicted molar refractivity (Wildman–Crippen MR) is 123 cm³/mol. The standard InChI is InChI=1S/C25H23F3N4O2/c1-14-9-10-21-19(11-14)20(12-15(2)29-21)24(33)30-23-16(3)31-32(17(23)4)13-18-7-5-6-8-22(18)34-25(26,27)28/h5-12H,13H2,1-4H3,(H,30,33). The van der Waals surface area contributed by atoms with E-state index in [1.807, 2.05) is 32.0 Å². The zero-order chi connectivity index (χ0) is 24.6. The molecule has 0 fully saturated rings. The zero-order valence-corrected chi connectivity index (χ0v) is 19.1. The lowest BCUT2D eigenvalue weighted by Gasteiger charge is -2.14. The lowest BCUT2D eigenvalue weighted by molar-refractivity contribution is -0.274. The number of aromatic nitrogens is 3. The van der Waals surface area contributed by atoms with Gasteiger partial charge in [-0.25, -0.2) is 0 Å². The van der Waals surface area contributed by atoms with Crippen molar-refractivity contribution in [2.45, 2.75) is 40.6 Å². The Labute approximate surface area is 194 Å². The van der Waals surface area contributed by atoms with Crippen LogP contribution >= 0.6 is 0 Å². The number of para-hydroxylation sites is 1. The molecule has 4 aromatic rings. The average Bonchev–Trinajstić information content (AvgIpc) is 3.01. The van der Waals surface area contributed by atoms with Gasteiger partial charge in [0.1, 0.15) is 5.75 Å². The van der Waals surface area contributed by atoms with Gasteiger partial charge < -0.3 is 10.1 Å². The Morgan fingerprint density at radius 3 is 2.53 bits per heavy atom. The Balaban J connectivity index is 1.65. The molecule has 0 aliphatic heterocycles. The Hall–Kier alpha value is -3.88. The van der Waals surface area contributed by atoms with Crippen LogP contribution in [0.25, 0.3) is 10.9 Å². The fourth-order valence-corrected chi connectivity index (χ4v) is 3.89. The molecule has 0 radical (unpaired) electrons. The molecule has 2 aromatic heterocycles. The molecule has 4 rings (SSSR count). The molecule has 0 spiro atoms. The number of carbonyl (C=O) groups is 1. The van der Waals surface area contributed by atoms with E-state index in [1.165, 1.54) is 12.1 Å². The molecule has 0 unspecified atom stereocenters. The van der Waals surface area contributed by atoms with Crippen molar-refractivity contribution in [2.24, 2.45) is 0 Å². The van der Waals surface area contributed by atoms with E-state index >= 15 is 0 Å². The number of amides is 1. The van der Waals surface area contributed by atoms with Gasteiger partial charge in [-0.15, -0.1) is 13.2 Å². The molecule has 0 aliphatic carbocycles. The van der Waals surface area contributed by atoms with E-state index in [0.29, 0.717) is 33.9 Å². The Bertz CT molecular complexity index is 1390. The first kappa shape index (κ1) is 23.3. The van der Waals surface area contributed by atoms with Crippen LogP contribution in [0.15, 0.2) is 48.5 Å². The average molecular weight is 468 g/mol. The molecule has 0 bridgehead atoms. The van der Waals surface area contributed by atoms with Crippen molar-refractivity contribution in [3.63, 3.8) is 0 Å². The third-order valence-corrected chi connectivity index (χ3v) is 5.48. The number of benzene rings is 2. The molecular formula is C25H23F3N4O2. The van der Waals surface area contributed by atoms with Crippen LogP contribution < -0.4 is 10.1 Å². The van der Waals surface area contributed by atoms with Crippen molar-refractivity contribution in [2.75, 3.05) is 5.32 Å². The molecule has 0 atom stereocenters. The van der Waals surface area contributed by atoms with Crippen LogP contribution in [0.1, 0.15) is 38.6 Å². The summed E-state index contributed by atoms with van der Waals surface area (Å²) < 4.78 is 44.0. The Morgan fingerprint density at radius 1 is 1.06 bits per heavy atom. The van der Waals surface area contributed by atoms with E-state index in [4.69, 9.17) is 0 Å². The van der Waals surface area contributed by atoms with Gasteiger partial charge in [0, 0.05) is 16.6 Å². The number of alkyl halides is 3. The minimum Gasteiger partial charge on any atom is -0.405 e. The van der Waals surface area contributed by atoms with E-state index in [2.05, 4.69) is 20.1 Å². The number of fused-ring (bicyclic) bond motifs is 1. The summed E-state index contributed by atoms with van der Waals surface area (Å²) in [5.41, 5.74) is 4.91. The molecular weight excluding hydrogens is 445 g/mol. The fraction of sp³-hybridized carbons (Fsp3) is 0.240. The second-order valence-corrected chi connectivity index (χ2v) is 8.14. The van der Waals surface area contributed by atoms with Crippen molar-refractivity contribution < 1.29 is 22.7 Å². The van der Waals surface area contributed by atoms with Gasteiger partial charge in [0.05, 0.1) is 34.7 Å². The van der Waals surface area contributed by atoms with Crippen molar-refractivity contribution in [1.29, 1.82) is 0 Å². The lowest BCUT2D eigenvalue weighted by atomic mass is 10.0. The number of aryl methyl sites for hydroxylation is 3. The second kappa shape index (κ2) is 8.81. The summed E-state index contributed by atoms with van der Waals surface area (Å²) in [4.78, 5) is 17.8. The van der Waals surface area contributed by atoms with Gasteiger partial charge in [0.15, 0.2) is 0 Å². The molecule has 6 nitrogen and oxygen atoms in total. The minimum atomic E-state index is -4.80. The van der Waals surface area contributed by atoms with Gasteiger partial charge in [-0.3, -0.25) is 14.5 Å². The Kier molecular flexibility index (Phi) is 6.03. The van der Waals surface area contributed by atoms with Crippen LogP contribution in [0.2, 0.25) is 0 Å². The molecule has 0 saturated heterocycles. The van der Waals surface area contributed by atoms with Gasteiger partial charge >= 0.3 is 6.36 Å². The maximum atomic E-state index is 13.3. The number of pyridine rings is 1. The van der Waals surface area contributed by atoms with Crippen LogP contribution in [0, 0.1) is 27.7 Å². The van der Waals surface area contributed by atoms with Crippen LogP contribution in [-0.4, -0.2) is 27.0 Å². The normalized spacial score (nSPS) is 11.6. The summed E-state index contributed by atoms with van der Waals surface area (Å²) in [5, 5.41) is 8.11. The van der Waals surface area contributed by atoms with Crippen molar-refractivity contribution in [3.8, 4) is 5.75 Å². The van der Waals surface area contributed by atoms with Crippen LogP contribution in [0.5, 0.6) is 5.75 Å². The highest BCUT2D eigenvalue weighted by molar-refractivity contribution is 6.12. The third-order valence-electron chi connectivity index (χ3n) is 5.48. The summed E-state index contributed by atoms with van der Waals surface area (Å²) in [5.74, 6) is -0.602. The second-order valence-electron chi connectivity index (χ2n) is 8.14. The summed E-state index contributed by atoms with van der Waals surface area (Å²) >= 11 is 0. The van der Waals surface area contributed by atoms with Gasteiger partial charge in [0.25, 0.3) is 5.91 Å². The highest BCUT2D eigenvalue weighted by atomic mass is 19.4. The third kappa shape index (κ3) is 4.88. The number of rotatable bonds is 5. The van der Waals surface area contributed by atoms with Gasteiger partial charge in [0.2, 0.25) is 0 Å². The lowest BCUT2D eigenvalue weighted by Crippen LogP contribution is -2.19. The van der Waals surface area contributed by atoms with E-state index < -0.39 is 6.36 Å². The molecule has 34 heavy (non-hydrogen) atoms. The first-order valence-electron chi connectivity index (χ1n) is 10.6. The molecule has 2 aromatic carbocycles. The van der Waals surface area contributed by atoms with E-state index in [-0.39, 0.29) is 18.2 Å². The smallest absolute Gasteiger partial charge is 0.405 e. The fourth-order valence-electron chi connectivity index (χ4n) is 3.89. The number of hydrogen-bond donors (Lipinski definition) is 1. The van der Waals surface area contributed by atoms with Crippen molar-refractivity contribution in [3.05, 3.63) is 82.3 Å². The molecule has 2 heterocycles. The van der Waals surface area contributed by atoms with Gasteiger partial charge in [-0.1, -0.05) is 29.8 Å². The number of ether oxygens (including phenoxy) is 1. The van der Waals surface area contributed by atoms with Gasteiger partial charge in [-0.05, 0) is 52.0 Å². The molecule has 1 N–H and O–H groups in total. The molecule has 0 saturated carbocycles.